The van der Waals surface area contributed by atoms with Gasteiger partial charge in [-0.2, -0.15) is 5.10 Å². The fraction of sp³-hybridized carbons (Fsp3) is 0.615. The number of nitrogens with zero attached hydrogens (tertiary/aromatic N) is 1. The van der Waals surface area contributed by atoms with E-state index in [4.69, 9.17) is 4.74 Å². The van der Waals surface area contributed by atoms with Gasteiger partial charge in [0.25, 0.3) is 0 Å². The smallest absolute Gasteiger partial charge is 0.243 e. The van der Waals surface area contributed by atoms with E-state index in [1.54, 1.807) is 7.11 Å². The van der Waals surface area contributed by atoms with Crippen molar-refractivity contribution in [3.63, 3.8) is 0 Å². The van der Waals surface area contributed by atoms with Crippen LogP contribution in [0.5, 0.6) is 0 Å². The summed E-state index contributed by atoms with van der Waals surface area (Å²) in [5.41, 5.74) is 1.56. The lowest BCUT2D eigenvalue weighted by Gasteiger charge is -2.20. The SMILES string of the molecule is COCc1cc(CNC(=O)C(NC(C)=O)C(C)C)[nH]n1. The van der Waals surface area contributed by atoms with Crippen LogP contribution in [0.25, 0.3) is 0 Å². The van der Waals surface area contributed by atoms with Crippen molar-refractivity contribution in [3.05, 3.63) is 17.5 Å². The first kappa shape index (κ1) is 16.2. The summed E-state index contributed by atoms with van der Waals surface area (Å²) in [4.78, 5) is 23.1. The van der Waals surface area contributed by atoms with Crippen molar-refractivity contribution in [2.45, 2.75) is 40.0 Å². The summed E-state index contributed by atoms with van der Waals surface area (Å²) in [6.07, 6.45) is 0. The van der Waals surface area contributed by atoms with E-state index in [1.807, 2.05) is 19.9 Å². The summed E-state index contributed by atoms with van der Waals surface area (Å²) in [5, 5.41) is 12.3. The molecular weight excluding hydrogens is 260 g/mol. The molecule has 1 rings (SSSR count). The molecule has 0 aliphatic heterocycles. The van der Waals surface area contributed by atoms with E-state index < -0.39 is 6.04 Å². The molecule has 7 nitrogen and oxygen atoms in total. The topological polar surface area (TPSA) is 96.1 Å². The molecule has 0 aliphatic rings. The molecule has 0 aliphatic carbocycles. The Kier molecular flexibility index (Phi) is 6.17. The lowest BCUT2D eigenvalue weighted by atomic mass is 10.0. The van der Waals surface area contributed by atoms with Crippen molar-refractivity contribution in [2.24, 2.45) is 5.92 Å². The molecule has 2 amide bonds. The highest BCUT2D eigenvalue weighted by Crippen LogP contribution is 2.04. The number of nitrogens with one attached hydrogen (secondary N) is 3. The molecule has 1 atom stereocenters. The van der Waals surface area contributed by atoms with Crippen molar-refractivity contribution in [2.75, 3.05) is 7.11 Å². The van der Waals surface area contributed by atoms with Gasteiger partial charge in [0.1, 0.15) is 6.04 Å². The number of rotatable bonds is 7. The Balaban J connectivity index is 2.53. The normalized spacial score (nSPS) is 12.2. The Morgan fingerprint density at radius 3 is 2.70 bits per heavy atom. The highest BCUT2D eigenvalue weighted by molar-refractivity contribution is 5.86. The third kappa shape index (κ3) is 5.00. The minimum absolute atomic E-state index is 0.0183. The van der Waals surface area contributed by atoms with Gasteiger partial charge < -0.3 is 15.4 Å². The molecule has 0 saturated heterocycles. The second-order valence-electron chi connectivity index (χ2n) is 4.96. The molecular formula is C13H22N4O3. The van der Waals surface area contributed by atoms with Gasteiger partial charge in [-0.1, -0.05) is 13.8 Å². The van der Waals surface area contributed by atoms with Gasteiger partial charge in [0, 0.05) is 14.0 Å². The molecule has 3 N–H and O–H groups in total. The molecule has 112 valence electrons. The van der Waals surface area contributed by atoms with Gasteiger partial charge in [0.15, 0.2) is 0 Å². The Hall–Kier alpha value is -1.89. The van der Waals surface area contributed by atoms with E-state index in [-0.39, 0.29) is 17.7 Å². The number of aromatic amines is 1. The van der Waals surface area contributed by atoms with Crippen molar-refractivity contribution in [1.29, 1.82) is 0 Å². The zero-order chi connectivity index (χ0) is 15.1. The maximum absolute atomic E-state index is 12.0. The maximum Gasteiger partial charge on any atom is 0.243 e. The molecule has 1 aromatic rings. The van der Waals surface area contributed by atoms with Crippen molar-refractivity contribution in [1.82, 2.24) is 20.8 Å². The standard InChI is InChI=1S/C13H22N4O3/c1-8(2)12(15-9(3)18)13(19)14-6-10-5-11(7-20-4)17-16-10/h5,8,12H,6-7H2,1-4H3,(H,14,19)(H,15,18)(H,16,17). The average molecular weight is 282 g/mol. The second-order valence-corrected chi connectivity index (χ2v) is 4.96. The molecule has 0 bridgehead atoms. The number of carbonyl (C=O) groups is 2. The van der Waals surface area contributed by atoms with Crippen molar-refractivity contribution >= 4 is 11.8 Å². The Labute approximate surface area is 118 Å². The van der Waals surface area contributed by atoms with Crippen LogP contribution in [-0.4, -0.2) is 35.2 Å². The van der Waals surface area contributed by atoms with Crippen LogP contribution in [0.4, 0.5) is 0 Å². The van der Waals surface area contributed by atoms with E-state index in [2.05, 4.69) is 20.8 Å². The van der Waals surface area contributed by atoms with E-state index in [0.717, 1.165) is 11.4 Å². The molecule has 20 heavy (non-hydrogen) atoms. The van der Waals surface area contributed by atoms with Crippen LogP contribution in [0, 0.1) is 5.92 Å². The predicted molar refractivity (Wildman–Crippen MR) is 73.6 cm³/mol. The van der Waals surface area contributed by atoms with E-state index in [1.165, 1.54) is 6.92 Å². The molecule has 0 fully saturated rings. The highest BCUT2D eigenvalue weighted by atomic mass is 16.5. The minimum Gasteiger partial charge on any atom is -0.378 e. The highest BCUT2D eigenvalue weighted by Gasteiger charge is 2.22. The molecule has 0 spiro atoms. The molecule has 0 saturated carbocycles. The zero-order valence-corrected chi connectivity index (χ0v) is 12.3. The van der Waals surface area contributed by atoms with E-state index in [9.17, 15) is 9.59 Å². The Bertz CT molecular complexity index is 456. The monoisotopic (exact) mass is 282 g/mol. The van der Waals surface area contributed by atoms with Crippen LogP contribution in [0.2, 0.25) is 0 Å². The predicted octanol–water partition coefficient (Wildman–Crippen LogP) is 0.333. The lowest BCUT2D eigenvalue weighted by Crippen LogP contribution is -2.48. The number of aromatic nitrogens is 2. The molecule has 1 aromatic heterocycles. The first-order valence-electron chi connectivity index (χ1n) is 6.51. The molecule has 7 heteroatoms. The average Bonchev–Trinajstić information content (AvgIpc) is 2.81. The summed E-state index contributed by atoms with van der Waals surface area (Å²) in [5.74, 6) is -0.411. The van der Waals surface area contributed by atoms with Gasteiger partial charge in [-0.25, -0.2) is 0 Å². The number of carbonyl (C=O) groups excluding carboxylic acids is 2. The largest absolute Gasteiger partial charge is 0.378 e. The number of H-pyrrole nitrogens is 1. The van der Waals surface area contributed by atoms with Crippen molar-refractivity contribution < 1.29 is 14.3 Å². The lowest BCUT2D eigenvalue weighted by molar-refractivity contribution is -0.129. The van der Waals surface area contributed by atoms with Gasteiger partial charge in [-0.15, -0.1) is 0 Å². The van der Waals surface area contributed by atoms with Crippen LogP contribution >= 0.6 is 0 Å². The van der Waals surface area contributed by atoms with Crippen LogP contribution in [0.1, 0.15) is 32.2 Å². The van der Waals surface area contributed by atoms with Crippen molar-refractivity contribution in [3.8, 4) is 0 Å². The second kappa shape index (κ2) is 7.64. The summed E-state index contributed by atoms with van der Waals surface area (Å²) in [7, 11) is 1.59. The number of hydrogen-bond donors (Lipinski definition) is 3. The molecule has 0 aromatic carbocycles. The number of ether oxygens (including phenoxy) is 1. The molecule has 0 radical (unpaired) electrons. The van der Waals surface area contributed by atoms with E-state index >= 15 is 0 Å². The van der Waals surface area contributed by atoms with Crippen LogP contribution in [0.3, 0.4) is 0 Å². The summed E-state index contributed by atoms with van der Waals surface area (Å²) in [6, 6.07) is 1.29. The zero-order valence-electron chi connectivity index (χ0n) is 12.3. The Morgan fingerprint density at radius 1 is 1.45 bits per heavy atom. The van der Waals surface area contributed by atoms with Crippen LogP contribution < -0.4 is 10.6 Å². The third-order valence-electron chi connectivity index (χ3n) is 2.74. The number of methoxy groups -OCH3 is 1. The van der Waals surface area contributed by atoms with Gasteiger partial charge in [0.05, 0.1) is 24.5 Å². The first-order chi connectivity index (χ1) is 9.43. The number of amides is 2. The molecule has 1 heterocycles. The maximum atomic E-state index is 12.0. The third-order valence-corrected chi connectivity index (χ3v) is 2.74. The fourth-order valence-corrected chi connectivity index (χ4v) is 1.77. The van der Waals surface area contributed by atoms with Gasteiger partial charge >= 0.3 is 0 Å². The van der Waals surface area contributed by atoms with Crippen LogP contribution in [0.15, 0.2) is 6.07 Å². The minimum atomic E-state index is -0.533. The summed E-state index contributed by atoms with van der Waals surface area (Å²) >= 11 is 0. The number of hydrogen-bond acceptors (Lipinski definition) is 4. The van der Waals surface area contributed by atoms with Gasteiger partial charge in [-0.05, 0) is 12.0 Å². The summed E-state index contributed by atoms with van der Waals surface area (Å²) in [6.45, 7) is 5.91. The first-order valence-corrected chi connectivity index (χ1v) is 6.51. The summed E-state index contributed by atoms with van der Waals surface area (Å²) < 4.78 is 4.96. The fourth-order valence-electron chi connectivity index (χ4n) is 1.77. The Morgan fingerprint density at radius 2 is 2.15 bits per heavy atom. The molecule has 1 unspecified atom stereocenters. The van der Waals surface area contributed by atoms with Crippen LogP contribution in [-0.2, 0) is 27.5 Å². The quantitative estimate of drug-likeness (QED) is 0.671. The van der Waals surface area contributed by atoms with E-state index in [0.29, 0.717) is 13.2 Å². The van der Waals surface area contributed by atoms with Gasteiger partial charge in [-0.3, -0.25) is 14.7 Å². The van der Waals surface area contributed by atoms with Gasteiger partial charge in [0.2, 0.25) is 11.8 Å².